The van der Waals surface area contributed by atoms with E-state index in [1.54, 1.807) is 0 Å². The first-order valence-corrected chi connectivity index (χ1v) is 6.58. The van der Waals surface area contributed by atoms with Crippen LogP contribution in [0.2, 0.25) is 0 Å². The minimum Gasteiger partial charge on any atom is -0.478 e. The number of hydrogen-bond acceptors (Lipinski definition) is 1. The molecule has 0 bridgehead atoms. The molecule has 3 unspecified atom stereocenters. The van der Waals surface area contributed by atoms with Gasteiger partial charge in [0.25, 0.3) is 0 Å². The maximum atomic E-state index is 10.8. The number of fused-ring (bicyclic) bond motifs is 1. The second-order valence-electron chi connectivity index (χ2n) is 5.60. The van der Waals surface area contributed by atoms with Crippen LogP contribution in [-0.2, 0) is 4.79 Å². The third-order valence-electron chi connectivity index (χ3n) is 4.49. The average Bonchev–Trinajstić information content (AvgIpc) is 2.28. The molecule has 0 spiro atoms. The van der Waals surface area contributed by atoms with Crippen LogP contribution in [0.1, 0.15) is 51.4 Å². The van der Waals surface area contributed by atoms with Gasteiger partial charge < -0.3 is 5.11 Å². The fraction of sp³-hybridized carbons (Fsp3) is 0.786. The molecule has 0 aliphatic heterocycles. The molecule has 0 radical (unpaired) electrons. The summed E-state index contributed by atoms with van der Waals surface area (Å²) in [4.78, 5) is 10.8. The number of carbonyl (C=O) groups is 1. The Hall–Kier alpha value is -0.790. The Bertz CT molecular complexity index is 282. The number of hydrogen-bond donors (Lipinski definition) is 1. The summed E-state index contributed by atoms with van der Waals surface area (Å²) in [5, 5.41) is 8.85. The summed E-state index contributed by atoms with van der Waals surface area (Å²) in [6.07, 6.45) is 10.1. The molecule has 2 aliphatic carbocycles. The van der Waals surface area contributed by atoms with E-state index < -0.39 is 5.97 Å². The van der Waals surface area contributed by atoms with Crippen molar-refractivity contribution in [2.45, 2.75) is 51.4 Å². The minimum absolute atomic E-state index is 0.402. The topological polar surface area (TPSA) is 37.3 Å². The van der Waals surface area contributed by atoms with Crippen molar-refractivity contribution < 1.29 is 9.90 Å². The van der Waals surface area contributed by atoms with E-state index >= 15 is 0 Å². The molecule has 3 atom stereocenters. The molecule has 16 heavy (non-hydrogen) atoms. The second kappa shape index (κ2) is 5.03. The van der Waals surface area contributed by atoms with Crippen LogP contribution in [0.25, 0.3) is 0 Å². The van der Waals surface area contributed by atoms with Crippen LogP contribution >= 0.6 is 0 Å². The van der Waals surface area contributed by atoms with Gasteiger partial charge in [0.15, 0.2) is 0 Å². The van der Waals surface area contributed by atoms with Crippen LogP contribution in [0, 0.1) is 17.8 Å². The van der Waals surface area contributed by atoms with Crippen LogP contribution in [0.15, 0.2) is 12.2 Å². The molecule has 2 saturated carbocycles. The highest BCUT2D eigenvalue weighted by Gasteiger charge is 2.32. The van der Waals surface area contributed by atoms with Gasteiger partial charge in [-0.05, 0) is 43.4 Å². The largest absolute Gasteiger partial charge is 0.478 e. The molecule has 2 fully saturated rings. The highest BCUT2D eigenvalue weighted by Crippen LogP contribution is 2.44. The molecule has 2 aliphatic rings. The Labute approximate surface area is 97.7 Å². The lowest BCUT2D eigenvalue weighted by Gasteiger charge is -2.39. The molecule has 0 aromatic rings. The molecule has 0 aromatic heterocycles. The van der Waals surface area contributed by atoms with E-state index in [1.807, 2.05) is 0 Å². The molecule has 1 N–H and O–H groups in total. The predicted octanol–water partition coefficient (Wildman–Crippen LogP) is 3.62. The van der Waals surface area contributed by atoms with Crippen molar-refractivity contribution >= 4 is 5.97 Å². The summed E-state index contributed by atoms with van der Waals surface area (Å²) in [6.45, 7) is 3.65. The summed E-state index contributed by atoms with van der Waals surface area (Å²) in [5.74, 6) is 1.60. The predicted molar refractivity (Wildman–Crippen MR) is 64.2 cm³/mol. The zero-order valence-corrected chi connectivity index (χ0v) is 9.95. The lowest BCUT2D eigenvalue weighted by atomic mass is 9.66. The van der Waals surface area contributed by atoms with Gasteiger partial charge in [0, 0.05) is 5.57 Å². The van der Waals surface area contributed by atoms with E-state index in [1.165, 1.54) is 44.9 Å². The van der Waals surface area contributed by atoms with Crippen molar-refractivity contribution in [3.63, 3.8) is 0 Å². The SMILES string of the molecule is C=C(CC1CCC2CCCCC2C1)C(=O)O. The molecule has 2 nitrogen and oxygen atoms in total. The van der Waals surface area contributed by atoms with Gasteiger partial charge >= 0.3 is 5.97 Å². The number of carboxylic acid groups (broad SMARTS) is 1. The van der Waals surface area contributed by atoms with Crippen molar-refractivity contribution in [3.8, 4) is 0 Å². The van der Waals surface area contributed by atoms with Crippen molar-refractivity contribution in [1.29, 1.82) is 0 Å². The van der Waals surface area contributed by atoms with Crippen molar-refractivity contribution in [2.24, 2.45) is 17.8 Å². The van der Waals surface area contributed by atoms with Gasteiger partial charge in [-0.15, -0.1) is 0 Å². The molecule has 2 heteroatoms. The fourth-order valence-electron chi connectivity index (χ4n) is 3.59. The zero-order chi connectivity index (χ0) is 11.5. The average molecular weight is 222 g/mol. The van der Waals surface area contributed by atoms with E-state index in [-0.39, 0.29) is 0 Å². The first-order chi connectivity index (χ1) is 7.66. The first kappa shape index (κ1) is 11.7. The molecular weight excluding hydrogens is 200 g/mol. The highest BCUT2D eigenvalue weighted by molar-refractivity contribution is 5.85. The Morgan fingerprint density at radius 3 is 2.50 bits per heavy atom. The van der Waals surface area contributed by atoms with Crippen molar-refractivity contribution in [2.75, 3.05) is 0 Å². The Kier molecular flexibility index (Phi) is 3.67. The Morgan fingerprint density at radius 1 is 1.12 bits per heavy atom. The summed E-state index contributed by atoms with van der Waals surface area (Å²) in [6, 6.07) is 0. The quantitative estimate of drug-likeness (QED) is 0.740. The zero-order valence-electron chi connectivity index (χ0n) is 9.95. The lowest BCUT2D eigenvalue weighted by Crippen LogP contribution is -2.28. The molecule has 0 saturated heterocycles. The third kappa shape index (κ3) is 2.66. The van der Waals surface area contributed by atoms with Crippen LogP contribution in [0.4, 0.5) is 0 Å². The van der Waals surface area contributed by atoms with Gasteiger partial charge in [-0.3, -0.25) is 0 Å². The lowest BCUT2D eigenvalue weighted by molar-refractivity contribution is -0.132. The molecule has 2 rings (SSSR count). The summed E-state index contributed by atoms with van der Waals surface area (Å²) < 4.78 is 0. The van der Waals surface area contributed by atoms with E-state index in [0.29, 0.717) is 17.9 Å². The number of rotatable bonds is 3. The molecule has 0 amide bonds. The van der Waals surface area contributed by atoms with E-state index in [2.05, 4.69) is 6.58 Å². The normalized spacial score (nSPS) is 34.1. The summed E-state index contributed by atoms with van der Waals surface area (Å²) >= 11 is 0. The van der Waals surface area contributed by atoms with Gasteiger partial charge in [-0.2, -0.15) is 0 Å². The molecule has 0 heterocycles. The maximum absolute atomic E-state index is 10.8. The number of carboxylic acids is 1. The third-order valence-corrected chi connectivity index (χ3v) is 4.49. The van der Waals surface area contributed by atoms with E-state index in [0.717, 1.165) is 11.8 Å². The van der Waals surface area contributed by atoms with Gasteiger partial charge in [0.05, 0.1) is 0 Å². The van der Waals surface area contributed by atoms with Crippen molar-refractivity contribution in [3.05, 3.63) is 12.2 Å². The smallest absolute Gasteiger partial charge is 0.330 e. The van der Waals surface area contributed by atoms with Crippen LogP contribution in [-0.4, -0.2) is 11.1 Å². The van der Waals surface area contributed by atoms with Crippen LogP contribution in [0.5, 0.6) is 0 Å². The van der Waals surface area contributed by atoms with Crippen LogP contribution < -0.4 is 0 Å². The minimum atomic E-state index is -0.814. The number of aliphatic carboxylic acids is 1. The molecule has 90 valence electrons. The fourth-order valence-corrected chi connectivity index (χ4v) is 3.59. The van der Waals surface area contributed by atoms with E-state index in [4.69, 9.17) is 5.11 Å². The van der Waals surface area contributed by atoms with Gasteiger partial charge in [-0.1, -0.05) is 32.3 Å². The van der Waals surface area contributed by atoms with E-state index in [9.17, 15) is 4.79 Å². The Morgan fingerprint density at radius 2 is 1.81 bits per heavy atom. The molecule has 0 aromatic carbocycles. The highest BCUT2D eigenvalue weighted by atomic mass is 16.4. The molecular formula is C14H22O2. The summed E-state index contributed by atoms with van der Waals surface area (Å²) in [5.41, 5.74) is 0.402. The van der Waals surface area contributed by atoms with Gasteiger partial charge in [0.1, 0.15) is 0 Å². The van der Waals surface area contributed by atoms with Gasteiger partial charge in [0.2, 0.25) is 0 Å². The van der Waals surface area contributed by atoms with Gasteiger partial charge in [-0.25, -0.2) is 4.79 Å². The second-order valence-corrected chi connectivity index (χ2v) is 5.60. The Balaban J connectivity index is 1.85. The van der Waals surface area contributed by atoms with Crippen LogP contribution in [0.3, 0.4) is 0 Å². The maximum Gasteiger partial charge on any atom is 0.330 e. The standard InChI is InChI=1S/C14H22O2/c1-10(14(15)16)8-11-6-7-12-4-2-3-5-13(12)9-11/h11-13H,1-9H2,(H,15,16). The summed E-state index contributed by atoms with van der Waals surface area (Å²) in [7, 11) is 0. The first-order valence-electron chi connectivity index (χ1n) is 6.58. The van der Waals surface area contributed by atoms with Crippen molar-refractivity contribution in [1.82, 2.24) is 0 Å². The monoisotopic (exact) mass is 222 g/mol.